The maximum Gasteiger partial charge on any atom is 0.403 e. The third kappa shape index (κ3) is 12.3. The van der Waals surface area contributed by atoms with Crippen molar-refractivity contribution in [3.8, 4) is 0 Å². The average molecular weight is 177 g/mol. The fourth-order valence-corrected chi connectivity index (χ4v) is 0.295. The summed E-state index contributed by atoms with van der Waals surface area (Å²) in [5.41, 5.74) is -0.723. The van der Waals surface area contributed by atoms with Crippen molar-refractivity contribution in [2.24, 2.45) is 5.92 Å². The summed E-state index contributed by atoms with van der Waals surface area (Å²) in [6.45, 7) is 4.29. The van der Waals surface area contributed by atoms with E-state index in [1.165, 1.54) is 0 Å². The molecule has 0 N–H and O–H groups in total. The van der Waals surface area contributed by atoms with E-state index in [9.17, 15) is 4.79 Å². The Morgan fingerprint density at radius 2 is 2.11 bits per heavy atom. The van der Waals surface area contributed by atoms with E-state index in [2.05, 4.69) is 4.74 Å². The summed E-state index contributed by atoms with van der Waals surface area (Å²) in [5, 5.41) is 0. The topological polar surface area (TPSA) is 26.3 Å². The minimum absolute atomic E-state index is 0. The Morgan fingerprint density at radius 1 is 1.67 bits per heavy atom. The number of hydrogen-bond acceptors (Lipinski definition) is 2. The van der Waals surface area contributed by atoms with Gasteiger partial charge >= 0.3 is 5.43 Å². The summed E-state index contributed by atoms with van der Waals surface area (Å²) in [6, 6.07) is 0. The molecule has 0 saturated heterocycles. The second kappa shape index (κ2) is 7.13. The van der Waals surface area contributed by atoms with Crippen LogP contribution in [0.15, 0.2) is 0 Å². The SMILES string of the molecule is CC(C)COC(=O)Cl.[Ar]. The Morgan fingerprint density at radius 3 is 2.22 bits per heavy atom. The molecule has 0 aliphatic heterocycles. The third-order valence-electron chi connectivity index (χ3n) is 0.530. The molecular formula is C5H9ArClO2. The van der Waals surface area contributed by atoms with Gasteiger partial charge < -0.3 is 4.74 Å². The molecule has 2 nitrogen and oxygen atoms in total. The number of rotatable bonds is 2. The summed E-state index contributed by atoms with van der Waals surface area (Å²) >= 11 is 4.86. The van der Waals surface area contributed by atoms with Gasteiger partial charge in [-0.15, -0.1) is 0 Å². The molecule has 4 heteroatoms. The molecule has 0 spiro atoms. The molecule has 0 unspecified atom stereocenters. The van der Waals surface area contributed by atoms with Gasteiger partial charge in [0.1, 0.15) is 0 Å². The van der Waals surface area contributed by atoms with Crippen LogP contribution in [-0.4, -0.2) is 12.0 Å². The minimum Gasteiger partial charge on any atom is -0.453 e. The molecule has 0 amide bonds. The molecule has 0 aliphatic carbocycles. The fraction of sp³-hybridized carbons (Fsp3) is 0.800. The van der Waals surface area contributed by atoms with E-state index in [1.54, 1.807) is 0 Å². The maximum absolute atomic E-state index is 9.89. The zero-order valence-corrected chi connectivity index (χ0v) is 6.80. The van der Waals surface area contributed by atoms with Gasteiger partial charge in [0.25, 0.3) is 0 Å². The van der Waals surface area contributed by atoms with Crippen LogP contribution in [-0.2, 0) is 4.74 Å². The molecular weight excluding hydrogens is 167 g/mol. The molecule has 0 atom stereocenters. The van der Waals surface area contributed by atoms with Gasteiger partial charge in [-0.05, 0) is 5.92 Å². The van der Waals surface area contributed by atoms with Crippen LogP contribution >= 0.6 is 11.6 Å². The van der Waals surface area contributed by atoms with Crippen LogP contribution in [0.5, 0.6) is 0 Å². The Hall–Kier alpha value is 1.02. The number of ether oxygens (including phenoxy) is 1. The fourth-order valence-electron chi connectivity index (χ4n) is 0.232. The van der Waals surface area contributed by atoms with Crippen LogP contribution in [0.2, 0.25) is 0 Å². The van der Waals surface area contributed by atoms with Gasteiger partial charge in [0.2, 0.25) is 0 Å². The molecule has 0 heterocycles. The molecule has 0 radical (unpaired) electrons. The van der Waals surface area contributed by atoms with Crippen LogP contribution in [0.4, 0.5) is 4.79 Å². The standard InChI is InChI=1S/C5H9ClO2.Ar/c1-4(2)3-8-5(6)7;/h4H,3H2,1-2H3;. The first-order chi connectivity index (χ1) is 3.63. The van der Waals surface area contributed by atoms with Crippen molar-refractivity contribution in [3.05, 3.63) is 0 Å². The molecule has 56 valence electrons. The second-order valence-electron chi connectivity index (χ2n) is 1.94. The predicted molar refractivity (Wildman–Crippen MR) is 32.0 cm³/mol. The number of halogens is 1. The normalized spacial score (nSPS) is 8.44. The van der Waals surface area contributed by atoms with Crippen molar-refractivity contribution in [1.82, 2.24) is 0 Å². The van der Waals surface area contributed by atoms with E-state index in [1.807, 2.05) is 13.8 Å². The Labute approximate surface area is 89.9 Å². The van der Waals surface area contributed by atoms with Crippen LogP contribution in [0.1, 0.15) is 13.8 Å². The maximum atomic E-state index is 9.89. The van der Waals surface area contributed by atoms with Crippen molar-refractivity contribution in [3.63, 3.8) is 0 Å². The van der Waals surface area contributed by atoms with Crippen LogP contribution in [0, 0.1) is 43.7 Å². The first-order valence-electron chi connectivity index (χ1n) is 2.45. The third-order valence-corrected chi connectivity index (χ3v) is 0.639. The van der Waals surface area contributed by atoms with Crippen molar-refractivity contribution in [2.75, 3.05) is 6.61 Å². The molecule has 0 bridgehead atoms. The number of carbonyl (C=O) groups excluding carboxylic acids is 1. The molecule has 9 heavy (non-hydrogen) atoms. The van der Waals surface area contributed by atoms with Crippen LogP contribution in [0.3, 0.4) is 0 Å². The Balaban J connectivity index is 0. The van der Waals surface area contributed by atoms with Gasteiger partial charge in [-0.3, -0.25) is 0 Å². The zero-order chi connectivity index (χ0) is 6.57. The van der Waals surface area contributed by atoms with Gasteiger partial charge in [0.15, 0.2) is 0 Å². The summed E-state index contributed by atoms with van der Waals surface area (Å²) < 4.78 is 4.43. The monoisotopic (exact) mass is 176 g/mol. The summed E-state index contributed by atoms with van der Waals surface area (Å²) in [5.74, 6) is 0.359. The Bertz CT molecular complexity index is 85.0. The predicted octanol–water partition coefficient (Wildman–Crippen LogP) is 2.02. The number of carbonyl (C=O) groups is 1. The van der Waals surface area contributed by atoms with E-state index in [4.69, 9.17) is 11.6 Å². The largest absolute Gasteiger partial charge is 0.453 e. The quantitative estimate of drug-likeness (QED) is 0.602. The van der Waals surface area contributed by atoms with E-state index in [0.717, 1.165) is 0 Å². The van der Waals surface area contributed by atoms with Gasteiger partial charge in [0.05, 0.1) is 6.61 Å². The molecule has 0 rings (SSSR count). The summed E-state index contributed by atoms with van der Waals surface area (Å²) in [4.78, 5) is 9.89. The molecule has 0 aromatic heterocycles. The molecule has 0 aromatic rings. The van der Waals surface area contributed by atoms with Gasteiger partial charge in [0, 0.05) is 49.3 Å². The smallest absolute Gasteiger partial charge is 0.403 e. The van der Waals surface area contributed by atoms with Crippen molar-refractivity contribution >= 4 is 17.0 Å². The molecule has 0 aliphatic rings. The molecule has 0 saturated carbocycles. The van der Waals surface area contributed by atoms with Gasteiger partial charge in [-0.2, -0.15) is 0 Å². The summed E-state index contributed by atoms with van der Waals surface area (Å²) in [6.07, 6.45) is 0. The van der Waals surface area contributed by atoms with Crippen LogP contribution in [0.25, 0.3) is 0 Å². The van der Waals surface area contributed by atoms with Crippen molar-refractivity contribution in [1.29, 1.82) is 0 Å². The van der Waals surface area contributed by atoms with Crippen LogP contribution < -0.4 is 0 Å². The van der Waals surface area contributed by atoms with Gasteiger partial charge in [-0.25, -0.2) is 4.79 Å². The van der Waals surface area contributed by atoms with E-state index in [-0.39, 0.29) is 37.7 Å². The first-order valence-corrected chi connectivity index (χ1v) is 2.83. The average Bonchev–Trinajstić information content (AvgIpc) is 1.61. The van der Waals surface area contributed by atoms with E-state index < -0.39 is 5.43 Å². The molecule has 0 fully saturated rings. The second-order valence-corrected chi connectivity index (χ2v) is 2.25. The molecule has 0 aromatic carbocycles. The van der Waals surface area contributed by atoms with Gasteiger partial charge in [-0.1, -0.05) is 13.8 Å². The van der Waals surface area contributed by atoms with Crippen molar-refractivity contribution < 1.29 is 47.3 Å². The Kier molecular flexibility index (Phi) is 10.0. The minimum atomic E-state index is -0.723. The summed E-state index contributed by atoms with van der Waals surface area (Å²) in [7, 11) is 0. The zero-order valence-electron chi connectivity index (χ0n) is 5.33. The van der Waals surface area contributed by atoms with E-state index >= 15 is 0 Å². The van der Waals surface area contributed by atoms with E-state index in [0.29, 0.717) is 12.5 Å². The number of hydrogen-bond donors (Lipinski definition) is 0. The first kappa shape index (κ1) is 12.7. The van der Waals surface area contributed by atoms with Crippen molar-refractivity contribution in [2.45, 2.75) is 13.8 Å².